The highest BCUT2D eigenvalue weighted by molar-refractivity contribution is 5.91. The van der Waals surface area contributed by atoms with Gasteiger partial charge in [-0.1, -0.05) is 6.07 Å². The predicted octanol–water partition coefficient (Wildman–Crippen LogP) is -0.285. The van der Waals surface area contributed by atoms with Crippen molar-refractivity contribution in [3.05, 3.63) is 30.1 Å². The number of carbonyl (C=O) groups excluding carboxylic acids is 1. The van der Waals surface area contributed by atoms with Gasteiger partial charge in [-0.25, -0.2) is 5.43 Å². The Hall–Kier alpha value is -1.46. The van der Waals surface area contributed by atoms with E-state index in [9.17, 15) is 4.79 Å². The zero-order chi connectivity index (χ0) is 9.80. The summed E-state index contributed by atoms with van der Waals surface area (Å²) in [6, 6.07) is 5.43. The van der Waals surface area contributed by atoms with Gasteiger partial charge in [0, 0.05) is 6.20 Å². The quantitative estimate of drug-likeness (QED) is 0.648. The molecule has 0 aromatic carbocycles. The second kappa shape index (κ2) is 4.17. The van der Waals surface area contributed by atoms with E-state index in [-0.39, 0.29) is 11.9 Å². The molecule has 0 spiro atoms. The lowest BCUT2D eigenvalue weighted by atomic mass is 10.3. The second-order valence-electron chi connectivity index (χ2n) is 3.05. The topological polar surface area (TPSA) is 63.2 Å². The Balaban J connectivity index is 1.83. The lowest BCUT2D eigenvalue weighted by Gasteiger charge is -2.26. The van der Waals surface area contributed by atoms with E-state index in [1.165, 1.54) is 0 Å². The molecule has 1 amide bonds. The standard InChI is InChI=1S/C9H11N3O2/c13-9(8-3-1-2-4-10-8)12-11-7-5-14-6-7/h1-4,7,11H,5-6H2,(H,12,13). The van der Waals surface area contributed by atoms with Crippen LogP contribution in [0.15, 0.2) is 24.4 Å². The van der Waals surface area contributed by atoms with Gasteiger partial charge >= 0.3 is 0 Å². The van der Waals surface area contributed by atoms with Crippen LogP contribution in [0.3, 0.4) is 0 Å². The van der Waals surface area contributed by atoms with Crippen molar-refractivity contribution in [1.82, 2.24) is 15.8 Å². The molecular formula is C9H11N3O2. The van der Waals surface area contributed by atoms with Crippen molar-refractivity contribution in [3.63, 3.8) is 0 Å². The van der Waals surface area contributed by atoms with Gasteiger partial charge < -0.3 is 4.74 Å². The van der Waals surface area contributed by atoms with Gasteiger partial charge in [-0.3, -0.25) is 15.2 Å². The molecule has 2 N–H and O–H groups in total. The Morgan fingerprint density at radius 1 is 1.50 bits per heavy atom. The maximum Gasteiger partial charge on any atom is 0.283 e. The molecule has 74 valence electrons. The van der Waals surface area contributed by atoms with Crippen LogP contribution < -0.4 is 10.9 Å². The first-order chi connectivity index (χ1) is 6.86. The summed E-state index contributed by atoms with van der Waals surface area (Å²) < 4.78 is 4.94. The molecule has 5 nitrogen and oxygen atoms in total. The number of pyridine rings is 1. The average Bonchev–Trinajstić information content (AvgIpc) is 2.16. The summed E-state index contributed by atoms with van der Waals surface area (Å²) >= 11 is 0. The number of hydrogen-bond acceptors (Lipinski definition) is 4. The van der Waals surface area contributed by atoms with Crippen LogP contribution in [0.1, 0.15) is 10.5 Å². The van der Waals surface area contributed by atoms with Crippen LogP contribution in [-0.2, 0) is 4.74 Å². The maximum atomic E-state index is 11.4. The van der Waals surface area contributed by atoms with Crippen LogP contribution >= 0.6 is 0 Å². The molecule has 0 unspecified atom stereocenters. The van der Waals surface area contributed by atoms with Crippen LogP contribution in [-0.4, -0.2) is 30.1 Å². The highest BCUT2D eigenvalue weighted by atomic mass is 16.5. The Morgan fingerprint density at radius 3 is 2.93 bits per heavy atom. The average molecular weight is 193 g/mol. The zero-order valence-corrected chi connectivity index (χ0v) is 7.56. The third kappa shape index (κ3) is 2.07. The molecule has 1 saturated heterocycles. The van der Waals surface area contributed by atoms with Crippen LogP contribution in [0.25, 0.3) is 0 Å². The molecule has 14 heavy (non-hydrogen) atoms. The van der Waals surface area contributed by atoms with E-state index in [0.29, 0.717) is 18.9 Å². The number of aromatic nitrogens is 1. The molecule has 0 radical (unpaired) electrons. The Morgan fingerprint density at radius 2 is 2.36 bits per heavy atom. The van der Waals surface area contributed by atoms with Gasteiger partial charge in [0.05, 0.1) is 19.3 Å². The second-order valence-corrected chi connectivity index (χ2v) is 3.05. The summed E-state index contributed by atoms with van der Waals surface area (Å²) in [6.07, 6.45) is 1.58. The minimum Gasteiger partial charge on any atom is -0.378 e. The van der Waals surface area contributed by atoms with E-state index in [1.54, 1.807) is 24.4 Å². The molecular weight excluding hydrogens is 182 g/mol. The minimum atomic E-state index is -0.225. The predicted molar refractivity (Wildman–Crippen MR) is 49.4 cm³/mol. The fourth-order valence-electron chi connectivity index (χ4n) is 1.05. The van der Waals surface area contributed by atoms with Gasteiger partial charge in [0.2, 0.25) is 0 Å². The Bertz CT molecular complexity index is 311. The Kier molecular flexibility index (Phi) is 2.71. The first-order valence-corrected chi connectivity index (χ1v) is 4.41. The summed E-state index contributed by atoms with van der Waals surface area (Å²) in [5.74, 6) is -0.225. The van der Waals surface area contributed by atoms with Crippen molar-refractivity contribution in [2.75, 3.05) is 13.2 Å². The van der Waals surface area contributed by atoms with Crippen LogP contribution in [0, 0.1) is 0 Å². The molecule has 5 heteroatoms. The third-order valence-electron chi connectivity index (χ3n) is 1.93. The SMILES string of the molecule is O=C(NNC1COC1)c1ccccn1. The molecule has 1 aliphatic rings. The maximum absolute atomic E-state index is 11.4. The fourth-order valence-corrected chi connectivity index (χ4v) is 1.05. The number of carbonyl (C=O) groups is 1. The number of rotatable bonds is 3. The third-order valence-corrected chi connectivity index (χ3v) is 1.93. The Labute approximate surface area is 81.4 Å². The zero-order valence-electron chi connectivity index (χ0n) is 7.56. The first kappa shape index (κ1) is 9.11. The molecule has 2 heterocycles. The molecule has 1 fully saturated rings. The van der Waals surface area contributed by atoms with Crippen molar-refractivity contribution >= 4 is 5.91 Å². The summed E-state index contributed by atoms with van der Waals surface area (Å²) in [5, 5.41) is 0. The van der Waals surface area contributed by atoms with Crippen LogP contribution in [0.2, 0.25) is 0 Å². The number of nitrogens with zero attached hydrogens (tertiary/aromatic N) is 1. The lowest BCUT2D eigenvalue weighted by Crippen LogP contribution is -2.53. The number of amides is 1. The normalized spacial score (nSPS) is 16.0. The molecule has 1 aromatic heterocycles. The molecule has 1 aromatic rings. The number of hydrogen-bond donors (Lipinski definition) is 2. The van der Waals surface area contributed by atoms with E-state index >= 15 is 0 Å². The number of hydrazine groups is 1. The monoisotopic (exact) mass is 193 g/mol. The van der Waals surface area contributed by atoms with Crippen molar-refractivity contribution in [3.8, 4) is 0 Å². The molecule has 0 bridgehead atoms. The smallest absolute Gasteiger partial charge is 0.283 e. The summed E-state index contributed by atoms with van der Waals surface area (Å²) in [5.41, 5.74) is 5.83. The van der Waals surface area contributed by atoms with Gasteiger partial charge in [-0.2, -0.15) is 0 Å². The summed E-state index contributed by atoms with van der Waals surface area (Å²) in [7, 11) is 0. The van der Waals surface area contributed by atoms with Crippen molar-refractivity contribution in [1.29, 1.82) is 0 Å². The van der Waals surface area contributed by atoms with Gasteiger partial charge in [0.25, 0.3) is 5.91 Å². The van der Waals surface area contributed by atoms with Gasteiger partial charge in [0.1, 0.15) is 5.69 Å². The highest BCUT2D eigenvalue weighted by Gasteiger charge is 2.18. The highest BCUT2D eigenvalue weighted by Crippen LogP contribution is 1.98. The fraction of sp³-hybridized carbons (Fsp3) is 0.333. The van der Waals surface area contributed by atoms with Gasteiger partial charge in [-0.15, -0.1) is 0 Å². The van der Waals surface area contributed by atoms with E-state index in [1.807, 2.05) is 0 Å². The molecule has 0 saturated carbocycles. The van der Waals surface area contributed by atoms with Crippen molar-refractivity contribution in [2.24, 2.45) is 0 Å². The summed E-state index contributed by atoms with van der Waals surface area (Å²) in [6.45, 7) is 1.28. The lowest BCUT2D eigenvalue weighted by molar-refractivity contribution is -0.0104. The number of ether oxygens (including phenoxy) is 1. The first-order valence-electron chi connectivity index (χ1n) is 4.41. The molecule has 2 rings (SSSR count). The molecule has 0 aliphatic carbocycles. The van der Waals surface area contributed by atoms with E-state index in [2.05, 4.69) is 15.8 Å². The van der Waals surface area contributed by atoms with Gasteiger partial charge in [0.15, 0.2) is 0 Å². The van der Waals surface area contributed by atoms with E-state index in [4.69, 9.17) is 4.74 Å². The van der Waals surface area contributed by atoms with Crippen LogP contribution in [0.4, 0.5) is 0 Å². The largest absolute Gasteiger partial charge is 0.378 e. The van der Waals surface area contributed by atoms with E-state index < -0.39 is 0 Å². The van der Waals surface area contributed by atoms with Gasteiger partial charge in [-0.05, 0) is 12.1 Å². The van der Waals surface area contributed by atoms with Crippen LogP contribution in [0.5, 0.6) is 0 Å². The van der Waals surface area contributed by atoms with Crippen molar-refractivity contribution < 1.29 is 9.53 Å². The minimum absolute atomic E-state index is 0.225. The van der Waals surface area contributed by atoms with E-state index in [0.717, 1.165) is 0 Å². The summed E-state index contributed by atoms with van der Waals surface area (Å²) in [4.78, 5) is 15.3. The number of nitrogens with one attached hydrogen (secondary N) is 2. The van der Waals surface area contributed by atoms with Crippen molar-refractivity contribution in [2.45, 2.75) is 6.04 Å². The molecule has 0 atom stereocenters. The molecule has 1 aliphatic heterocycles.